The fourth-order valence-electron chi connectivity index (χ4n) is 3.90. The van der Waals surface area contributed by atoms with Gasteiger partial charge < -0.3 is 4.90 Å². The molecule has 3 aromatic rings. The molecule has 160 valence electrons. The number of likely N-dealkylation sites (N-methyl/N-ethyl adjacent to an activating group) is 1. The Morgan fingerprint density at radius 2 is 1.90 bits per heavy atom. The van der Waals surface area contributed by atoms with Crippen LogP contribution in [-0.4, -0.2) is 54.3 Å². The van der Waals surface area contributed by atoms with Crippen LogP contribution >= 0.6 is 0 Å². The molecule has 0 saturated carbocycles. The molecule has 2 aromatic carbocycles. The summed E-state index contributed by atoms with van der Waals surface area (Å²) in [6.45, 7) is 1.74. The smallest absolute Gasteiger partial charge is 0.308 e. The quantitative estimate of drug-likeness (QED) is 0.641. The molecule has 2 heterocycles. The Morgan fingerprint density at radius 1 is 1.13 bits per heavy atom. The maximum absolute atomic E-state index is 13.1. The summed E-state index contributed by atoms with van der Waals surface area (Å²) in [7, 11) is 0.236. The number of sulfonamides is 1. The van der Waals surface area contributed by atoms with Crippen LogP contribution in [0.3, 0.4) is 0 Å². The highest BCUT2D eigenvalue weighted by atomic mass is 32.2. The van der Waals surface area contributed by atoms with Crippen LogP contribution in [0.25, 0.3) is 10.8 Å². The molecule has 30 heavy (non-hydrogen) atoms. The molecule has 0 aliphatic carbocycles. The van der Waals surface area contributed by atoms with Crippen LogP contribution < -0.4 is 10.4 Å². The molecule has 0 bridgehead atoms. The molecule has 9 heteroatoms. The fourth-order valence-corrected chi connectivity index (χ4v) is 5.43. The van der Waals surface area contributed by atoms with E-state index in [-0.39, 0.29) is 16.6 Å². The van der Waals surface area contributed by atoms with Crippen molar-refractivity contribution >= 4 is 20.8 Å². The molecule has 1 unspecified atom stereocenters. The lowest BCUT2D eigenvalue weighted by Gasteiger charge is -2.17. The largest absolute Gasteiger partial charge is 0.345 e. The van der Waals surface area contributed by atoms with E-state index in [2.05, 4.69) is 9.82 Å². The number of nitrogens with one attached hydrogen (secondary N) is 1. The zero-order valence-electron chi connectivity index (χ0n) is 17.3. The normalized spacial score (nSPS) is 17.2. The van der Waals surface area contributed by atoms with Gasteiger partial charge in [0, 0.05) is 30.9 Å². The molecule has 0 saturated heterocycles. The van der Waals surface area contributed by atoms with Crippen molar-refractivity contribution in [2.75, 3.05) is 20.6 Å². The van der Waals surface area contributed by atoms with E-state index in [9.17, 15) is 13.2 Å². The topological polar surface area (TPSA) is 89.2 Å². The van der Waals surface area contributed by atoms with Crippen LogP contribution in [0.5, 0.6) is 0 Å². The third-order valence-corrected chi connectivity index (χ3v) is 7.12. The Kier molecular flexibility index (Phi) is 5.77. The average molecular weight is 430 g/mol. The van der Waals surface area contributed by atoms with Crippen molar-refractivity contribution < 1.29 is 8.42 Å². The summed E-state index contributed by atoms with van der Waals surface area (Å²) in [4.78, 5) is 14.9. The lowest BCUT2D eigenvalue weighted by atomic mass is 10.1. The van der Waals surface area contributed by atoms with Crippen molar-refractivity contribution in [2.45, 2.75) is 43.3 Å². The predicted molar refractivity (Wildman–Crippen MR) is 116 cm³/mol. The van der Waals surface area contributed by atoms with Crippen molar-refractivity contribution in [3.8, 4) is 0 Å². The van der Waals surface area contributed by atoms with Crippen LogP contribution in [-0.2, 0) is 29.5 Å². The second-order valence-corrected chi connectivity index (χ2v) is 9.68. The highest BCUT2D eigenvalue weighted by Crippen LogP contribution is 2.24. The van der Waals surface area contributed by atoms with Crippen molar-refractivity contribution in [1.82, 2.24) is 24.0 Å². The van der Waals surface area contributed by atoms with Crippen LogP contribution in [0.2, 0.25) is 0 Å². The number of hydrogen-bond donors (Lipinski definition) is 1. The van der Waals surface area contributed by atoms with Gasteiger partial charge in [0.05, 0.1) is 11.4 Å². The Bertz CT molecular complexity index is 1210. The Balaban J connectivity index is 1.50. The van der Waals surface area contributed by atoms with Gasteiger partial charge in [-0.15, -0.1) is 0 Å². The summed E-state index contributed by atoms with van der Waals surface area (Å²) in [5.41, 5.74) is -0.121. The standard InChI is InChI=1S/C21H27N5O3S/c1-24(2)14-15-26-21(27)25-13-12-17(10-11-20(25)22-26)23-30(28,29)19-9-5-7-16-6-3-4-8-18(16)19/h3-9,17,23H,10-15H2,1-2H3. The van der Waals surface area contributed by atoms with Crippen molar-refractivity contribution in [3.63, 3.8) is 0 Å². The zero-order valence-corrected chi connectivity index (χ0v) is 18.1. The molecule has 4 rings (SSSR count). The van der Waals surface area contributed by atoms with E-state index in [0.717, 1.165) is 17.8 Å². The Morgan fingerprint density at radius 3 is 2.70 bits per heavy atom. The molecule has 0 spiro atoms. The molecule has 1 aliphatic heterocycles. The molecular weight excluding hydrogens is 402 g/mol. The molecule has 1 N–H and O–H groups in total. The fraction of sp³-hybridized carbons (Fsp3) is 0.429. The highest BCUT2D eigenvalue weighted by molar-refractivity contribution is 7.89. The van der Waals surface area contributed by atoms with Crippen LogP contribution in [0.4, 0.5) is 0 Å². The van der Waals surface area contributed by atoms with Gasteiger partial charge in [0.2, 0.25) is 10.0 Å². The third-order valence-electron chi connectivity index (χ3n) is 5.54. The summed E-state index contributed by atoms with van der Waals surface area (Å²) < 4.78 is 32.3. The first-order valence-corrected chi connectivity index (χ1v) is 11.6. The number of fused-ring (bicyclic) bond motifs is 2. The van der Waals surface area contributed by atoms with E-state index >= 15 is 0 Å². The minimum absolute atomic E-state index is 0.121. The Hall–Kier alpha value is -2.49. The van der Waals surface area contributed by atoms with Crippen LogP contribution in [0.1, 0.15) is 18.7 Å². The van der Waals surface area contributed by atoms with Gasteiger partial charge in [-0.05, 0) is 38.4 Å². The molecule has 0 amide bonds. The van der Waals surface area contributed by atoms with Gasteiger partial charge in [0.1, 0.15) is 5.82 Å². The predicted octanol–water partition coefficient (Wildman–Crippen LogP) is 1.44. The molecule has 0 radical (unpaired) electrons. The van der Waals surface area contributed by atoms with E-state index in [0.29, 0.717) is 37.7 Å². The minimum Gasteiger partial charge on any atom is -0.308 e. The van der Waals surface area contributed by atoms with E-state index in [1.165, 1.54) is 4.68 Å². The highest BCUT2D eigenvalue weighted by Gasteiger charge is 2.26. The van der Waals surface area contributed by atoms with E-state index in [1.54, 1.807) is 16.7 Å². The molecular formula is C21H27N5O3S. The summed E-state index contributed by atoms with van der Waals surface area (Å²) >= 11 is 0. The van der Waals surface area contributed by atoms with Gasteiger partial charge in [-0.25, -0.2) is 22.6 Å². The molecule has 0 fully saturated rings. The first-order valence-electron chi connectivity index (χ1n) is 10.2. The van der Waals surface area contributed by atoms with Gasteiger partial charge in [0.25, 0.3) is 0 Å². The second-order valence-electron chi connectivity index (χ2n) is 8.00. The molecule has 1 aliphatic rings. The van der Waals surface area contributed by atoms with Crippen LogP contribution in [0, 0.1) is 0 Å². The van der Waals surface area contributed by atoms with Crippen molar-refractivity contribution in [1.29, 1.82) is 0 Å². The second kappa shape index (κ2) is 8.33. The van der Waals surface area contributed by atoms with Gasteiger partial charge in [-0.1, -0.05) is 36.4 Å². The number of rotatable bonds is 6. The van der Waals surface area contributed by atoms with Crippen molar-refractivity contribution in [2.24, 2.45) is 0 Å². The average Bonchev–Trinajstić information content (AvgIpc) is 2.88. The number of benzene rings is 2. The minimum atomic E-state index is -3.68. The monoisotopic (exact) mass is 429 g/mol. The number of aromatic nitrogens is 3. The van der Waals surface area contributed by atoms with Gasteiger partial charge >= 0.3 is 5.69 Å². The molecule has 8 nitrogen and oxygen atoms in total. The van der Waals surface area contributed by atoms with Gasteiger partial charge in [-0.3, -0.25) is 4.57 Å². The third kappa shape index (κ3) is 4.19. The summed E-state index contributed by atoms with van der Waals surface area (Å²) in [6, 6.07) is 12.5. The van der Waals surface area contributed by atoms with E-state index in [4.69, 9.17) is 0 Å². The molecule has 1 atom stereocenters. The number of hydrogen-bond acceptors (Lipinski definition) is 5. The van der Waals surface area contributed by atoms with Gasteiger partial charge in [0.15, 0.2) is 0 Å². The van der Waals surface area contributed by atoms with E-state index < -0.39 is 10.0 Å². The summed E-state index contributed by atoms with van der Waals surface area (Å²) in [5.74, 6) is 0.727. The zero-order chi connectivity index (χ0) is 21.3. The van der Waals surface area contributed by atoms with Crippen LogP contribution in [0.15, 0.2) is 52.2 Å². The maximum Gasteiger partial charge on any atom is 0.345 e. The summed E-state index contributed by atoms with van der Waals surface area (Å²) in [5, 5.41) is 6.07. The summed E-state index contributed by atoms with van der Waals surface area (Å²) in [6.07, 6.45) is 1.72. The lowest BCUT2D eigenvalue weighted by Crippen LogP contribution is -2.36. The maximum atomic E-state index is 13.1. The number of nitrogens with zero attached hydrogens (tertiary/aromatic N) is 4. The lowest BCUT2D eigenvalue weighted by molar-refractivity contribution is 0.367. The SMILES string of the molecule is CN(C)CCn1nc2n(c1=O)CCC(NS(=O)(=O)c1cccc3ccccc13)CC2. The van der Waals surface area contributed by atoms with Crippen molar-refractivity contribution in [3.05, 3.63) is 58.8 Å². The Labute approximate surface area is 176 Å². The number of aryl methyl sites for hydroxylation is 1. The first-order chi connectivity index (χ1) is 14.3. The van der Waals surface area contributed by atoms with E-state index in [1.807, 2.05) is 49.3 Å². The molecule has 1 aromatic heterocycles. The van der Waals surface area contributed by atoms with Gasteiger partial charge in [-0.2, -0.15) is 5.10 Å². The first kappa shape index (κ1) is 20.8.